The number of hydrogen-bond acceptors (Lipinski definition) is 6. The second-order valence-electron chi connectivity index (χ2n) is 6.17. The molecule has 2 aromatic heterocycles. The Morgan fingerprint density at radius 2 is 2.12 bits per heavy atom. The van der Waals surface area contributed by atoms with E-state index >= 15 is 0 Å². The van der Waals surface area contributed by atoms with E-state index in [-0.39, 0.29) is 5.91 Å². The zero-order valence-corrected chi connectivity index (χ0v) is 15.6. The fraction of sp³-hybridized carbons (Fsp3) is 0.588. The normalized spacial score (nSPS) is 11.2. The molecular weight excluding hydrogens is 324 g/mol. The van der Waals surface area contributed by atoms with Gasteiger partial charge in [0.15, 0.2) is 0 Å². The van der Waals surface area contributed by atoms with Crippen molar-refractivity contribution in [2.24, 2.45) is 5.92 Å². The third kappa shape index (κ3) is 4.64. The fourth-order valence-electron chi connectivity index (χ4n) is 2.40. The van der Waals surface area contributed by atoms with Gasteiger partial charge in [0.25, 0.3) is 5.91 Å². The molecule has 0 aromatic carbocycles. The Morgan fingerprint density at radius 1 is 1.33 bits per heavy atom. The second-order valence-corrected chi connectivity index (χ2v) is 7.17. The number of carbonyl (C=O) groups is 1. The largest absolute Gasteiger partial charge is 0.385 e. The van der Waals surface area contributed by atoms with Crippen LogP contribution in [-0.4, -0.2) is 42.7 Å². The van der Waals surface area contributed by atoms with E-state index in [4.69, 9.17) is 4.74 Å². The molecule has 2 rings (SSSR count). The molecule has 2 aromatic rings. The summed E-state index contributed by atoms with van der Waals surface area (Å²) in [5, 5.41) is 7.25. The lowest BCUT2D eigenvalue weighted by molar-refractivity contribution is 0.0955. The van der Waals surface area contributed by atoms with Crippen molar-refractivity contribution in [1.29, 1.82) is 0 Å². The highest BCUT2D eigenvalue weighted by Crippen LogP contribution is 2.33. The predicted molar refractivity (Wildman–Crippen MR) is 98.9 cm³/mol. The van der Waals surface area contributed by atoms with E-state index < -0.39 is 0 Å². The molecule has 0 atom stereocenters. The minimum absolute atomic E-state index is 0.0264. The average molecular weight is 350 g/mol. The number of nitrogens with zero attached hydrogens (tertiary/aromatic N) is 2. The monoisotopic (exact) mass is 350 g/mol. The van der Waals surface area contributed by atoms with E-state index in [0.717, 1.165) is 41.0 Å². The Balaban J connectivity index is 2.15. The van der Waals surface area contributed by atoms with Gasteiger partial charge in [0.1, 0.15) is 17.0 Å². The highest BCUT2D eigenvalue weighted by Gasteiger charge is 2.19. The number of ether oxygens (including phenoxy) is 1. The average Bonchev–Trinajstić information content (AvgIpc) is 2.89. The smallest absolute Gasteiger partial charge is 0.261 e. The van der Waals surface area contributed by atoms with E-state index in [0.29, 0.717) is 23.9 Å². The summed E-state index contributed by atoms with van der Waals surface area (Å²) < 4.78 is 5.06. The summed E-state index contributed by atoms with van der Waals surface area (Å²) in [5.41, 5.74) is 0.937. The number of thiophene rings is 1. The Hall–Kier alpha value is -1.73. The molecule has 6 nitrogen and oxygen atoms in total. The van der Waals surface area contributed by atoms with Gasteiger partial charge < -0.3 is 15.4 Å². The second kappa shape index (κ2) is 8.94. The molecule has 0 aliphatic carbocycles. The minimum atomic E-state index is -0.0264. The van der Waals surface area contributed by atoms with Gasteiger partial charge in [-0.15, -0.1) is 11.3 Å². The van der Waals surface area contributed by atoms with Crippen LogP contribution in [0.4, 0.5) is 5.82 Å². The van der Waals surface area contributed by atoms with Crippen LogP contribution >= 0.6 is 11.3 Å². The van der Waals surface area contributed by atoms with Crippen LogP contribution in [0, 0.1) is 12.8 Å². The van der Waals surface area contributed by atoms with Gasteiger partial charge in [0, 0.05) is 26.8 Å². The number of rotatable bonds is 9. The molecule has 0 aliphatic heterocycles. The van der Waals surface area contributed by atoms with Crippen molar-refractivity contribution >= 4 is 33.3 Å². The molecule has 0 aliphatic rings. The lowest BCUT2D eigenvalue weighted by Gasteiger charge is -2.07. The lowest BCUT2D eigenvalue weighted by atomic mass is 10.1. The number of anilines is 1. The predicted octanol–water partition coefficient (Wildman–Crippen LogP) is 3.22. The molecule has 0 fully saturated rings. The summed E-state index contributed by atoms with van der Waals surface area (Å²) >= 11 is 1.42. The standard InChI is InChI=1S/C17H26N4O2S/c1-11(2)6-8-19-16(22)14-12(3)13-15(18-7-5-9-23-4)20-10-21-17(13)24-14/h10-11H,5-9H2,1-4H3,(H,19,22)(H,18,20,21). The van der Waals surface area contributed by atoms with Gasteiger partial charge >= 0.3 is 0 Å². The quantitative estimate of drug-likeness (QED) is 0.679. The molecule has 0 unspecified atom stereocenters. The molecule has 0 spiro atoms. The van der Waals surface area contributed by atoms with Crippen molar-refractivity contribution in [3.8, 4) is 0 Å². The molecular formula is C17H26N4O2S. The number of aromatic nitrogens is 2. The molecule has 0 saturated heterocycles. The van der Waals surface area contributed by atoms with Gasteiger partial charge in [-0.1, -0.05) is 13.8 Å². The number of nitrogens with one attached hydrogen (secondary N) is 2. The minimum Gasteiger partial charge on any atom is -0.385 e. The van der Waals surface area contributed by atoms with E-state index in [1.54, 1.807) is 7.11 Å². The van der Waals surface area contributed by atoms with E-state index in [1.807, 2.05) is 6.92 Å². The first-order valence-corrected chi connectivity index (χ1v) is 9.11. The third-order valence-corrected chi connectivity index (χ3v) is 4.96. The zero-order valence-electron chi connectivity index (χ0n) is 14.8. The van der Waals surface area contributed by atoms with Gasteiger partial charge in [-0.05, 0) is 31.2 Å². The summed E-state index contributed by atoms with van der Waals surface area (Å²) in [5.74, 6) is 1.33. The molecule has 0 saturated carbocycles. The number of amides is 1. The van der Waals surface area contributed by atoms with Crippen LogP contribution in [0.3, 0.4) is 0 Å². The number of fused-ring (bicyclic) bond motifs is 1. The molecule has 1 amide bonds. The van der Waals surface area contributed by atoms with Crippen molar-refractivity contribution < 1.29 is 9.53 Å². The van der Waals surface area contributed by atoms with Crippen molar-refractivity contribution in [3.63, 3.8) is 0 Å². The van der Waals surface area contributed by atoms with Crippen molar-refractivity contribution in [2.75, 3.05) is 32.1 Å². The maximum absolute atomic E-state index is 12.4. The molecule has 132 valence electrons. The first-order valence-electron chi connectivity index (χ1n) is 8.29. The maximum atomic E-state index is 12.4. The zero-order chi connectivity index (χ0) is 17.5. The van der Waals surface area contributed by atoms with Crippen molar-refractivity contribution in [1.82, 2.24) is 15.3 Å². The van der Waals surface area contributed by atoms with Crippen LogP contribution < -0.4 is 10.6 Å². The van der Waals surface area contributed by atoms with Gasteiger partial charge in [-0.25, -0.2) is 9.97 Å². The number of hydrogen-bond donors (Lipinski definition) is 2. The molecule has 2 N–H and O–H groups in total. The number of carbonyl (C=O) groups excluding carboxylic acids is 1. The van der Waals surface area contributed by atoms with Gasteiger partial charge in [0.05, 0.1) is 10.3 Å². The summed E-state index contributed by atoms with van der Waals surface area (Å²) in [4.78, 5) is 22.7. The topological polar surface area (TPSA) is 76.1 Å². The van der Waals surface area contributed by atoms with Crippen LogP contribution in [0.15, 0.2) is 6.33 Å². The third-order valence-electron chi connectivity index (χ3n) is 3.76. The summed E-state index contributed by atoms with van der Waals surface area (Å²) in [6.45, 7) is 8.41. The van der Waals surface area contributed by atoms with Crippen molar-refractivity contribution in [2.45, 2.75) is 33.6 Å². The Labute approximate surface area is 147 Å². The number of methoxy groups -OCH3 is 1. The van der Waals surface area contributed by atoms with Crippen LogP contribution in [0.2, 0.25) is 0 Å². The van der Waals surface area contributed by atoms with Gasteiger partial charge in [0.2, 0.25) is 0 Å². The number of aryl methyl sites for hydroxylation is 1. The Kier molecular flexibility index (Phi) is 6.93. The van der Waals surface area contributed by atoms with Gasteiger partial charge in [-0.2, -0.15) is 0 Å². The Morgan fingerprint density at radius 3 is 2.83 bits per heavy atom. The molecule has 7 heteroatoms. The highest BCUT2D eigenvalue weighted by atomic mass is 32.1. The molecule has 24 heavy (non-hydrogen) atoms. The molecule has 0 radical (unpaired) electrons. The van der Waals surface area contributed by atoms with Crippen LogP contribution in [0.5, 0.6) is 0 Å². The van der Waals surface area contributed by atoms with E-state index in [2.05, 4.69) is 34.4 Å². The summed E-state index contributed by atoms with van der Waals surface area (Å²) in [6, 6.07) is 0. The SMILES string of the molecule is COCCCNc1ncnc2sc(C(=O)NCCC(C)C)c(C)c12. The van der Waals surface area contributed by atoms with Crippen LogP contribution in [0.25, 0.3) is 10.2 Å². The van der Waals surface area contributed by atoms with Gasteiger partial charge in [-0.3, -0.25) is 4.79 Å². The van der Waals surface area contributed by atoms with Crippen LogP contribution in [0.1, 0.15) is 41.9 Å². The Bertz CT molecular complexity index is 685. The molecule has 0 bridgehead atoms. The fourth-order valence-corrected chi connectivity index (χ4v) is 3.47. The summed E-state index contributed by atoms with van der Waals surface area (Å²) in [6.07, 6.45) is 3.41. The van der Waals surface area contributed by atoms with E-state index in [9.17, 15) is 4.79 Å². The maximum Gasteiger partial charge on any atom is 0.261 e. The van der Waals surface area contributed by atoms with E-state index in [1.165, 1.54) is 17.7 Å². The molecule has 2 heterocycles. The highest BCUT2D eigenvalue weighted by molar-refractivity contribution is 7.20. The van der Waals surface area contributed by atoms with Crippen LogP contribution in [-0.2, 0) is 4.74 Å². The summed E-state index contributed by atoms with van der Waals surface area (Å²) in [7, 11) is 1.69. The first kappa shape index (κ1) is 18.6. The van der Waals surface area contributed by atoms with Crippen molar-refractivity contribution in [3.05, 3.63) is 16.8 Å². The lowest BCUT2D eigenvalue weighted by Crippen LogP contribution is -2.25. The first-order chi connectivity index (χ1) is 11.5.